The van der Waals surface area contributed by atoms with E-state index in [-0.39, 0.29) is 5.97 Å². The second-order valence-electron chi connectivity index (χ2n) is 10.1. The first-order valence-corrected chi connectivity index (χ1v) is 12.9. The third kappa shape index (κ3) is 6.09. The van der Waals surface area contributed by atoms with Gasteiger partial charge < -0.3 is 14.6 Å². The van der Waals surface area contributed by atoms with Crippen LogP contribution in [0.1, 0.15) is 51.7 Å². The number of hydrogen-bond donors (Lipinski definition) is 1. The average Bonchev–Trinajstić information content (AvgIpc) is 3.20. The summed E-state index contributed by atoms with van der Waals surface area (Å²) in [5.74, 6) is 0.902. The van der Waals surface area contributed by atoms with Crippen molar-refractivity contribution in [3.05, 3.63) is 83.9 Å². The lowest BCUT2D eigenvalue weighted by molar-refractivity contribution is -0.143. The van der Waals surface area contributed by atoms with Gasteiger partial charge in [0.05, 0.1) is 10.3 Å². The van der Waals surface area contributed by atoms with Crippen LogP contribution in [0.3, 0.4) is 0 Å². The average molecular weight is 515 g/mol. The number of fused-ring (bicyclic) bond motifs is 1. The highest BCUT2D eigenvalue weighted by molar-refractivity contribution is 7.22. The van der Waals surface area contributed by atoms with Crippen molar-refractivity contribution in [2.45, 2.75) is 40.5 Å². The molecule has 3 aromatic carbocycles. The van der Waals surface area contributed by atoms with Gasteiger partial charge in [0.1, 0.15) is 11.5 Å². The standard InChI is InChI=1S/C31H30O5S/c1-19(2)23-8-6-7-9-24(23)29-28(35-21-13-10-20(11-14-21)12-17-27(32)33)25-16-15-22(18-26(25)37-29)36-30(34)31(3,4)5/h6-19H,1-5H3,(H,32,33). The number of thiophene rings is 1. The molecule has 0 atom stereocenters. The van der Waals surface area contributed by atoms with Crippen LogP contribution in [0.2, 0.25) is 0 Å². The minimum atomic E-state index is -0.994. The zero-order valence-corrected chi connectivity index (χ0v) is 22.4. The summed E-state index contributed by atoms with van der Waals surface area (Å²) in [5, 5.41) is 9.79. The number of carboxylic acid groups (broad SMARTS) is 1. The summed E-state index contributed by atoms with van der Waals surface area (Å²) >= 11 is 1.60. The van der Waals surface area contributed by atoms with E-state index in [0.29, 0.717) is 17.4 Å². The Morgan fingerprint density at radius 1 is 0.946 bits per heavy atom. The minimum Gasteiger partial charge on any atom is -0.478 e. The Morgan fingerprint density at radius 3 is 2.27 bits per heavy atom. The summed E-state index contributed by atoms with van der Waals surface area (Å²) in [6.45, 7) is 9.82. The van der Waals surface area contributed by atoms with E-state index in [4.69, 9.17) is 14.6 Å². The van der Waals surface area contributed by atoms with Crippen molar-refractivity contribution < 1.29 is 24.2 Å². The fourth-order valence-electron chi connectivity index (χ4n) is 3.80. The maximum atomic E-state index is 12.5. The van der Waals surface area contributed by atoms with Gasteiger partial charge in [-0.1, -0.05) is 50.2 Å². The first-order valence-electron chi connectivity index (χ1n) is 12.1. The van der Waals surface area contributed by atoms with Gasteiger partial charge in [0, 0.05) is 16.2 Å². The molecule has 0 saturated carbocycles. The van der Waals surface area contributed by atoms with Crippen molar-refractivity contribution in [3.63, 3.8) is 0 Å². The highest BCUT2D eigenvalue weighted by atomic mass is 32.1. The summed E-state index contributed by atoms with van der Waals surface area (Å²) in [5.41, 5.74) is 2.47. The Bertz CT molecular complexity index is 1470. The van der Waals surface area contributed by atoms with Crippen LogP contribution >= 0.6 is 11.3 Å². The molecule has 0 bridgehead atoms. The van der Waals surface area contributed by atoms with Crippen molar-refractivity contribution in [3.8, 4) is 27.7 Å². The molecular formula is C31H30O5S. The number of hydrogen-bond acceptors (Lipinski definition) is 5. The van der Waals surface area contributed by atoms with Gasteiger partial charge in [-0.15, -0.1) is 11.3 Å². The van der Waals surface area contributed by atoms with Crippen LogP contribution in [0.25, 0.3) is 26.6 Å². The van der Waals surface area contributed by atoms with Gasteiger partial charge in [-0.25, -0.2) is 4.79 Å². The molecule has 0 amide bonds. The molecule has 0 aliphatic carbocycles. The fourth-order valence-corrected chi connectivity index (χ4v) is 5.00. The maximum Gasteiger partial charge on any atom is 0.328 e. The van der Waals surface area contributed by atoms with Crippen molar-refractivity contribution in [2.75, 3.05) is 0 Å². The molecule has 0 unspecified atom stereocenters. The van der Waals surface area contributed by atoms with Gasteiger partial charge in [0.2, 0.25) is 0 Å². The molecule has 1 N–H and O–H groups in total. The van der Waals surface area contributed by atoms with E-state index in [9.17, 15) is 9.59 Å². The first-order chi connectivity index (χ1) is 17.5. The van der Waals surface area contributed by atoms with Gasteiger partial charge in [0.15, 0.2) is 5.75 Å². The van der Waals surface area contributed by atoms with Crippen LogP contribution in [0.4, 0.5) is 0 Å². The van der Waals surface area contributed by atoms with Crippen LogP contribution in [0.5, 0.6) is 17.2 Å². The number of carbonyl (C=O) groups is 2. The number of aliphatic carboxylic acids is 1. The second kappa shape index (κ2) is 10.6. The second-order valence-corrected chi connectivity index (χ2v) is 11.2. The summed E-state index contributed by atoms with van der Waals surface area (Å²) in [6.07, 6.45) is 2.64. The zero-order chi connectivity index (χ0) is 26.7. The fraction of sp³-hybridized carbons (Fsp3) is 0.226. The molecule has 1 heterocycles. The number of carbonyl (C=O) groups excluding carboxylic acids is 1. The van der Waals surface area contributed by atoms with Gasteiger partial charge in [-0.05, 0) is 79.8 Å². The van der Waals surface area contributed by atoms with Crippen LogP contribution in [0.15, 0.2) is 72.8 Å². The Balaban J connectivity index is 1.79. The summed E-state index contributed by atoms with van der Waals surface area (Å²) in [6, 6.07) is 21.2. The van der Waals surface area contributed by atoms with E-state index in [0.717, 1.165) is 37.9 Å². The highest BCUT2D eigenvalue weighted by Gasteiger charge is 2.25. The Labute approximate surface area is 221 Å². The molecule has 0 aliphatic heterocycles. The largest absolute Gasteiger partial charge is 0.478 e. The maximum absolute atomic E-state index is 12.5. The smallest absolute Gasteiger partial charge is 0.328 e. The summed E-state index contributed by atoms with van der Waals surface area (Å²) in [7, 11) is 0. The molecule has 5 nitrogen and oxygen atoms in total. The SMILES string of the molecule is CC(C)c1ccccc1-c1sc2cc(OC(=O)C(C)(C)C)ccc2c1Oc1ccc(C=CC(=O)O)cc1. The number of benzene rings is 3. The predicted octanol–water partition coefficient (Wildman–Crippen LogP) is 8.53. The third-order valence-electron chi connectivity index (χ3n) is 5.78. The predicted molar refractivity (Wildman–Crippen MR) is 150 cm³/mol. The van der Waals surface area contributed by atoms with Gasteiger partial charge in [-0.2, -0.15) is 0 Å². The van der Waals surface area contributed by atoms with Crippen molar-refractivity contribution in [1.29, 1.82) is 0 Å². The quantitative estimate of drug-likeness (QED) is 0.152. The zero-order valence-electron chi connectivity index (χ0n) is 21.6. The lowest BCUT2D eigenvalue weighted by Gasteiger charge is -2.16. The van der Waals surface area contributed by atoms with E-state index >= 15 is 0 Å². The molecule has 0 spiro atoms. The van der Waals surface area contributed by atoms with E-state index < -0.39 is 11.4 Å². The van der Waals surface area contributed by atoms with E-state index in [1.165, 1.54) is 11.6 Å². The minimum absolute atomic E-state index is 0.290. The van der Waals surface area contributed by atoms with Crippen LogP contribution in [0, 0.1) is 5.41 Å². The monoisotopic (exact) mass is 514 g/mol. The van der Waals surface area contributed by atoms with E-state index in [2.05, 4.69) is 26.0 Å². The molecule has 1 aromatic heterocycles. The van der Waals surface area contributed by atoms with Gasteiger partial charge >= 0.3 is 11.9 Å². The van der Waals surface area contributed by atoms with Gasteiger partial charge in [0.25, 0.3) is 0 Å². The van der Waals surface area contributed by atoms with Crippen LogP contribution in [-0.2, 0) is 9.59 Å². The molecule has 6 heteroatoms. The number of ether oxygens (including phenoxy) is 2. The van der Waals surface area contributed by atoms with Crippen molar-refractivity contribution in [2.24, 2.45) is 5.41 Å². The lowest BCUT2D eigenvalue weighted by Crippen LogP contribution is -2.25. The Kier molecular flexibility index (Phi) is 7.50. The molecular weight excluding hydrogens is 484 g/mol. The number of rotatable bonds is 7. The first kappa shape index (κ1) is 26.2. The topological polar surface area (TPSA) is 72.8 Å². The molecule has 190 valence electrons. The molecule has 4 aromatic rings. The van der Waals surface area contributed by atoms with Crippen molar-refractivity contribution in [1.82, 2.24) is 0 Å². The molecule has 4 rings (SSSR count). The molecule has 0 saturated heterocycles. The van der Waals surface area contributed by atoms with Gasteiger partial charge in [-0.3, -0.25) is 4.79 Å². The molecule has 0 fully saturated rings. The summed E-state index contributed by atoms with van der Waals surface area (Å²) in [4.78, 5) is 24.3. The number of carboxylic acids is 1. The normalized spacial score (nSPS) is 11.8. The van der Waals surface area contributed by atoms with Crippen LogP contribution in [-0.4, -0.2) is 17.0 Å². The summed E-state index contributed by atoms with van der Waals surface area (Å²) < 4.78 is 13.1. The number of esters is 1. The highest BCUT2D eigenvalue weighted by Crippen LogP contribution is 2.49. The molecule has 0 aliphatic rings. The van der Waals surface area contributed by atoms with E-state index in [1.54, 1.807) is 17.4 Å². The lowest BCUT2D eigenvalue weighted by atomic mass is 9.96. The Hall–Kier alpha value is -3.90. The third-order valence-corrected chi connectivity index (χ3v) is 6.95. The Morgan fingerprint density at radius 2 is 1.62 bits per heavy atom. The van der Waals surface area contributed by atoms with E-state index in [1.807, 2.05) is 69.3 Å². The van der Waals surface area contributed by atoms with Crippen LogP contribution < -0.4 is 9.47 Å². The molecule has 0 radical (unpaired) electrons. The molecule has 37 heavy (non-hydrogen) atoms. The van der Waals surface area contributed by atoms with Crippen molar-refractivity contribution >= 4 is 39.4 Å².